The van der Waals surface area contributed by atoms with Gasteiger partial charge in [-0.3, -0.25) is 9.78 Å². The molecule has 0 spiro atoms. The molecule has 1 rings (SSSR count). The number of hydrogen-bond donors (Lipinski definition) is 3. The second-order valence-electron chi connectivity index (χ2n) is 3.79. The Kier molecular flexibility index (Phi) is 5.41. The number of amides is 1. The van der Waals surface area contributed by atoms with E-state index in [0.717, 1.165) is 19.3 Å². The monoisotopic (exact) mass is 242 g/mol. The van der Waals surface area contributed by atoms with Gasteiger partial charge in [0.2, 0.25) is 5.82 Å². The van der Waals surface area contributed by atoms with Crippen molar-refractivity contribution in [3.8, 4) is 0 Å². The van der Waals surface area contributed by atoms with Crippen molar-refractivity contribution < 1.29 is 9.53 Å². The summed E-state index contributed by atoms with van der Waals surface area (Å²) in [6, 6.07) is -0.0624. The summed E-state index contributed by atoms with van der Waals surface area (Å²) in [7, 11) is 1.58. The van der Waals surface area contributed by atoms with E-state index >= 15 is 0 Å². The van der Waals surface area contributed by atoms with Crippen LogP contribution in [0, 0.1) is 0 Å². The Balaban J connectivity index is 2.53. The quantitative estimate of drug-likeness (QED) is 0.628. The van der Waals surface area contributed by atoms with Gasteiger partial charge in [-0.25, -0.2) is 9.89 Å². The summed E-state index contributed by atoms with van der Waals surface area (Å²) in [5, 5.41) is 8.47. The Morgan fingerprint density at radius 1 is 1.59 bits per heavy atom. The number of rotatable bonds is 7. The molecule has 1 amide bonds. The molecular weight excluding hydrogens is 224 g/mol. The second-order valence-corrected chi connectivity index (χ2v) is 3.79. The summed E-state index contributed by atoms with van der Waals surface area (Å²) in [6.45, 7) is 2.53. The van der Waals surface area contributed by atoms with Crippen LogP contribution in [0.5, 0.6) is 0 Å². The molecule has 0 fully saturated rings. The van der Waals surface area contributed by atoms with E-state index in [0.29, 0.717) is 6.61 Å². The predicted molar refractivity (Wildman–Crippen MR) is 61.9 cm³/mol. The Labute approximate surface area is 99.0 Å². The fraction of sp³-hybridized carbons (Fsp3) is 0.700. The van der Waals surface area contributed by atoms with Crippen LogP contribution in [0.3, 0.4) is 0 Å². The minimum atomic E-state index is -0.494. The average molecular weight is 242 g/mol. The fourth-order valence-electron chi connectivity index (χ4n) is 1.48. The van der Waals surface area contributed by atoms with Gasteiger partial charge in [-0.2, -0.15) is 0 Å². The van der Waals surface area contributed by atoms with E-state index in [1.807, 2.05) is 0 Å². The number of hydrogen-bond acceptors (Lipinski definition) is 4. The molecule has 0 aromatic carbocycles. The molecule has 1 aromatic rings. The summed E-state index contributed by atoms with van der Waals surface area (Å²) < 4.78 is 5.03. The van der Waals surface area contributed by atoms with Crippen LogP contribution < -0.4 is 11.0 Å². The van der Waals surface area contributed by atoms with Crippen molar-refractivity contribution in [2.75, 3.05) is 13.7 Å². The molecule has 0 saturated carbocycles. The predicted octanol–water partition coefficient (Wildman–Crippen LogP) is 0.0330. The minimum Gasteiger partial charge on any atom is -0.383 e. The SMILES string of the molecule is CCCC[C@H](COC)NC(=O)c1n[nH]c(=O)[nH]1. The molecule has 7 nitrogen and oxygen atoms in total. The molecule has 1 aromatic heterocycles. The number of aromatic nitrogens is 3. The third-order valence-electron chi connectivity index (χ3n) is 2.33. The van der Waals surface area contributed by atoms with Crippen molar-refractivity contribution in [1.82, 2.24) is 20.5 Å². The fourth-order valence-corrected chi connectivity index (χ4v) is 1.48. The highest BCUT2D eigenvalue weighted by Crippen LogP contribution is 2.01. The molecule has 0 aliphatic carbocycles. The van der Waals surface area contributed by atoms with E-state index in [4.69, 9.17) is 4.74 Å². The smallest absolute Gasteiger partial charge is 0.341 e. The van der Waals surface area contributed by atoms with Gasteiger partial charge in [-0.1, -0.05) is 19.8 Å². The van der Waals surface area contributed by atoms with Crippen LogP contribution >= 0.6 is 0 Å². The number of unbranched alkanes of at least 4 members (excludes halogenated alkanes) is 1. The number of methoxy groups -OCH3 is 1. The van der Waals surface area contributed by atoms with Gasteiger partial charge in [-0.05, 0) is 6.42 Å². The molecule has 0 aliphatic heterocycles. The highest BCUT2D eigenvalue weighted by atomic mass is 16.5. The summed E-state index contributed by atoms with van der Waals surface area (Å²) in [6.07, 6.45) is 2.89. The molecule has 0 bridgehead atoms. The maximum atomic E-state index is 11.7. The molecule has 3 N–H and O–H groups in total. The highest BCUT2D eigenvalue weighted by molar-refractivity contribution is 5.90. The molecule has 0 saturated heterocycles. The van der Waals surface area contributed by atoms with Gasteiger partial charge in [0.05, 0.1) is 12.6 Å². The van der Waals surface area contributed by atoms with Crippen LogP contribution in [0.25, 0.3) is 0 Å². The third kappa shape index (κ3) is 4.39. The second kappa shape index (κ2) is 6.85. The zero-order chi connectivity index (χ0) is 12.7. The molecule has 7 heteroatoms. The van der Waals surface area contributed by atoms with E-state index in [1.54, 1.807) is 7.11 Å². The zero-order valence-electron chi connectivity index (χ0n) is 10.1. The normalized spacial score (nSPS) is 12.4. The Morgan fingerprint density at radius 3 is 2.88 bits per heavy atom. The minimum absolute atomic E-state index is 0.00685. The van der Waals surface area contributed by atoms with Gasteiger partial charge >= 0.3 is 5.69 Å². The zero-order valence-corrected chi connectivity index (χ0v) is 10.1. The van der Waals surface area contributed by atoms with Crippen molar-refractivity contribution in [3.05, 3.63) is 16.3 Å². The molecule has 0 radical (unpaired) electrons. The van der Waals surface area contributed by atoms with Crippen LogP contribution in [-0.2, 0) is 4.74 Å². The summed E-state index contributed by atoms with van der Waals surface area (Å²) in [4.78, 5) is 24.8. The van der Waals surface area contributed by atoms with Crippen molar-refractivity contribution >= 4 is 5.91 Å². The van der Waals surface area contributed by atoms with Crippen LogP contribution in [0.2, 0.25) is 0 Å². The van der Waals surface area contributed by atoms with Crippen molar-refractivity contribution in [2.24, 2.45) is 0 Å². The lowest BCUT2D eigenvalue weighted by atomic mass is 10.1. The Morgan fingerprint density at radius 2 is 2.35 bits per heavy atom. The lowest BCUT2D eigenvalue weighted by molar-refractivity contribution is 0.0880. The van der Waals surface area contributed by atoms with Crippen LogP contribution in [0.15, 0.2) is 4.79 Å². The number of H-pyrrole nitrogens is 2. The number of aromatic amines is 2. The number of nitrogens with zero attached hydrogens (tertiary/aromatic N) is 1. The maximum absolute atomic E-state index is 11.7. The first-order chi connectivity index (χ1) is 8.17. The van der Waals surface area contributed by atoms with Crippen LogP contribution in [0.1, 0.15) is 36.8 Å². The molecule has 0 aliphatic rings. The third-order valence-corrected chi connectivity index (χ3v) is 2.33. The number of ether oxygens (including phenoxy) is 1. The molecule has 1 atom stereocenters. The van der Waals surface area contributed by atoms with Crippen LogP contribution in [-0.4, -0.2) is 40.8 Å². The lowest BCUT2D eigenvalue weighted by Crippen LogP contribution is -2.38. The first kappa shape index (κ1) is 13.4. The van der Waals surface area contributed by atoms with Crippen molar-refractivity contribution in [1.29, 1.82) is 0 Å². The van der Waals surface area contributed by atoms with E-state index in [2.05, 4.69) is 27.4 Å². The first-order valence-corrected chi connectivity index (χ1v) is 5.61. The van der Waals surface area contributed by atoms with E-state index < -0.39 is 11.6 Å². The lowest BCUT2D eigenvalue weighted by Gasteiger charge is -2.16. The molecular formula is C10H18N4O3. The van der Waals surface area contributed by atoms with Crippen molar-refractivity contribution in [3.63, 3.8) is 0 Å². The van der Waals surface area contributed by atoms with Gasteiger partial charge in [0.15, 0.2) is 0 Å². The largest absolute Gasteiger partial charge is 0.383 e. The number of carbonyl (C=O) groups excluding carboxylic acids is 1. The molecule has 17 heavy (non-hydrogen) atoms. The summed E-state index contributed by atoms with van der Waals surface area (Å²) in [5.41, 5.74) is -0.494. The Hall–Kier alpha value is -1.63. The highest BCUT2D eigenvalue weighted by Gasteiger charge is 2.15. The van der Waals surface area contributed by atoms with Crippen molar-refractivity contribution in [2.45, 2.75) is 32.2 Å². The van der Waals surface area contributed by atoms with E-state index in [9.17, 15) is 9.59 Å². The summed E-state index contributed by atoms with van der Waals surface area (Å²) in [5.74, 6) is -0.408. The van der Waals surface area contributed by atoms with Gasteiger partial charge in [0.1, 0.15) is 0 Å². The van der Waals surface area contributed by atoms with E-state index in [-0.39, 0.29) is 11.9 Å². The standard InChI is InChI=1S/C10H18N4O3/c1-3-4-5-7(6-17-2)11-9(15)8-12-10(16)14-13-8/h7H,3-6H2,1-2H3,(H,11,15)(H2,12,13,14,16)/t7-/m1/s1. The van der Waals surface area contributed by atoms with Gasteiger partial charge < -0.3 is 10.1 Å². The van der Waals surface area contributed by atoms with E-state index in [1.165, 1.54) is 0 Å². The molecule has 1 heterocycles. The summed E-state index contributed by atoms with van der Waals surface area (Å²) >= 11 is 0. The topological polar surface area (TPSA) is 99.9 Å². The average Bonchev–Trinajstić information content (AvgIpc) is 2.73. The maximum Gasteiger partial charge on any atom is 0.341 e. The van der Waals surface area contributed by atoms with Gasteiger partial charge in [0, 0.05) is 7.11 Å². The van der Waals surface area contributed by atoms with Crippen LogP contribution in [0.4, 0.5) is 0 Å². The first-order valence-electron chi connectivity index (χ1n) is 5.61. The number of carbonyl (C=O) groups is 1. The molecule has 0 unspecified atom stereocenters. The number of nitrogens with one attached hydrogen (secondary N) is 3. The molecule has 96 valence electrons. The van der Waals surface area contributed by atoms with Gasteiger partial charge in [-0.15, -0.1) is 5.10 Å². The Bertz CT molecular complexity index is 398. The van der Waals surface area contributed by atoms with Gasteiger partial charge in [0.25, 0.3) is 5.91 Å².